The highest BCUT2D eigenvalue weighted by atomic mass is 32.2. The molecule has 0 aliphatic carbocycles. The standard InChI is InChI=1S/C23H23N3O4S2/c1-28-17-9-7-15(8-10-17)24-23-25-16(14-32-23)13-20-26(11-12-31-20)22(27)21-18(29-2)5-4-6-19(21)30-3/h4-10,13-14H,11-12H2,1-3H3,(H,24,25)/b20-13+. The van der Waals surface area contributed by atoms with E-state index in [2.05, 4.69) is 10.3 Å². The molecule has 0 unspecified atom stereocenters. The van der Waals surface area contributed by atoms with Gasteiger partial charge in [-0.25, -0.2) is 4.98 Å². The van der Waals surface area contributed by atoms with E-state index in [1.165, 1.54) is 11.3 Å². The van der Waals surface area contributed by atoms with Gasteiger partial charge < -0.3 is 24.4 Å². The monoisotopic (exact) mass is 469 g/mol. The highest BCUT2D eigenvalue weighted by molar-refractivity contribution is 8.03. The van der Waals surface area contributed by atoms with Gasteiger partial charge in [0.2, 0.25) is 0 Å². The first-order chi connectivity index (χ1) is 15.6. The first-order valence-corrected chi connectivity index (χ1v) is 11.7. The predicted molar refractivity (Wildman–Crippen MR) is 129 cm³/mol. The number of aromatic nitrogens is 1. The van der Waals surface area contributed by atoms with Crippen LogP contribution in [0.25, 0.3) is 6.08 Å². The van der Waals surface area contributed by atoms with Crippen molar-refractivity contribution in [3.8, 4) is 17.2 Å². The molecule has 32 heavy (non-hydrogen) atoms. The van der Waals surface area contributed by atoms with Crippen molar-refractivity contribution < 1.29 is 19.0 Å². The van der Waals surface area contributed by atoms with E-state index in [1.54, 1.807) is 56.2 Å². The van der Waals surface area contributed by atoms with Gasteiger partial charge in [0.05, 0.1) is 32.1 Å². The number of rotatable bonds is 7. The van der Waals surface area contributed by atoms with Gasteiger partial charge in [-0.05, 0) is 42.5 Å². The molecule has 2 aromatic carbocycles. The summed E-state index contributed by atoms with van der Waals surface area (Å²) in [5.74, 6) is 2.45. The SMILES string of the molecule is COc1ccc(Nc2nc(/C=C3/SCCN3C(=O)c3c(OC)cccc3OC)cs2)cc1. The van der Waals surface area contributed by atoms with E-state index in [1.807, 2.05) is 35.7 Å². The lowest BCUT2D eigenvalue weighted by atomic mass is 10.1. The number of carbonyl (C=O) groups excluding carboxylic acids is 1. The van der Waals surface area contributed by atoms with Crippen LogP contribution in [0, 0.1) is 0 Å². The molecule has 7 nitrogen and oxygen atoms in total. The molecule has 1 fully saturated rings. The third-order valence-electron chi connectivity index (χ3n) is 4.85. The summed E-state index contributed by atoms with van der Waals surface area (Å²) in [6.07, 6.45) is 1.94. The molecule has 1 aliphatic rings. The Labute approximate surface area is 195 Å². The van der Waals surface area contributed by atoms with Gasteiger partial charge in [0.25, 0.3) is 5.91 Å². The van der Waals surface area contributed by atoms with Gasteiger partial charge in [0.1, 0.15) is 22.8 Å². The molecule has 3 aromatic rings. The van der Waals surface area contributed by atoms with Gasteiger partial charge in [0, 0.05) is 23.4 Å². The topological polar surface area (TPSA) is 72.9 Å². The van der Waals surface area contributed by atoms with Crippen LogP contribution in [0.2, 0.25) is 0 Å². The molecule has 0 saturated carbocycles. The van der Waals surface area contributed by atoms with Crippen LogP contribution >= 0.6 is 23.1 Å². The van der Waals surface area contributed by atoms with Gasteiger partial charge in [-0.1, -0.05) is 6.07 Å². The van der Waals surface area contributed by atoms with E-state index in [0.717, 1.165) is 33.0 Å². The third kappa shape index (κ3) is 4.68. The van der Waals surface area contributed by atoms with Crippen molar-refractivity contribution in [2.45, 2.75) is 0 Å². The lowest BCUT2D eigenvalue weighted by Crippen LogP contribution is -2.27. The zero-order valence-corrected chi connectivity index (χ0v) is 19.6. The quantitative estimate of drug-likeness (QED) is 0.516. The lowest BCUT2D eigenvalue weighted by Gasteiger charge is -2.20. The Morgan fingerprint density at radius 3 is 2.44 bits per heavy atom. The summed E-state index contributed by atoms with van der Waals surface area (Å²) in [6, 6.07) is 13.0. The Bertz CT molecular complexity index is 1110. The number of hydrogen-bond donors (Lipinski definition) is 1. The molecule has 1 aliphatic heterocycles. The number of methoxy groups -OCH3 is 3. The highest BCUT2D eigenvalue weighted by Crippen LogP contribution is 2.36. The number of anilines is 2. The second-order valence-corrected chi connectivity index (χ2v) is 8.73. The number of amides is 1. The minimum absolute atomic E-state index is 0.151. The molecule has 1 N–H and O–H groups in total. The minimum Gasteiger partial charge on any atom is -0.497 e. The van der Waals surface area contributed by atoms with E-state index < -0.39 is 0 Å². The molecule has 0 radical (unpaired) electrons. The summed E-state index contributed by atoms with van der Waals surface area (Å²) >= 11 is 3.13. The smallest absolute Gasteiger partial charge is 0.266 e. The van der Waals surface area contributed by atoms with E-state index in [-0.39, 0.29) is 5.91 Å². The molecule has 166 valence electrons. The second kappa shape index (κ2) is 9.97. The third-order valence-corrected chi connectivity index (χ3v) is 6.65. The first kappa shape index (κ1) is 22.0. The van der Waals surface area contributed by atoms with Crippen LogP contribution < -0.4 is 19.5 Å². The molecule has 2 heterocycles. The molecule has 1 saturated heterocycles. The second-order valence-electron chi connectivity index (χ2n) is 6.76. The van der Waals surface area contributed by atoms with E-state index >= 15 is 0 Å². The fourth-order valence-corrected chi connectivity index (χ4v) is 4.99. The number of nitrogens with one attached hydrogen (secondary N) is 1. The van der Waals surface area contributed by atoms with Crippen molar-refractivity contribution in [2.75, 3.05) is 38.9 Å². The van der Waals surface area contributed by atoms with Crippen LogP contribution in [0.4, 0.5) is 10.8 Å². The number of thiazole rings is 1. The predicted octanol–water partition coefficient (Wildman–Crippen LogP) is 5.10. The summed E-state index contributed by atoms with van der Waals surface area (Å²) in [5.41, 5.74) is 2.14. The fourth-order valence-electron chi connectivity index (χ4n) is 3.28. The largest absolute Gasteiger partial charge is 0.497 e. The zero-order valence-electron chi connectivity index (χ0n) is 18.0. The Morgan fingerprint density at radius 1 is 1.06 bits per heavy atom. The number of nitrogens with zero attached hydrogens (tertiary/aromatic N) is 2. The maximum absolute atomic E-state index is 13.4. The van der Waals surface area contributed by atoms with Gasteiger partial charge in [0.15, 0.2) is 5.13 Å². The molecule has 0 spiro atoms. The van der Waals surface area contributed by atoms with E-state index in [9.17, 15) is 4.79 Å². The number of carbonyl (C=O) groups is 1. The maximum Gasteiger partial charge on any atom is 0.266 e. The zero-order chi connectivity index (χ0) is 22.5. The highest BCUT2D eigenvalue weighted by Gasteiger charge is 2.30. The molecule has 9 heteroatoms. The first-order valence-electron chi connectivity index (χ1n) is 9.87. The molecule has 1 aromatic heterocycles. The van der Waals surface area contributed by atoms with Crippen molar-refractivity contribution in [3.05, 3.63) is 64.1 Å². The normalized spacial score (nSPS) is 14.5. The average molecular weight is 470 g/mol. The molecule has 1 amide bonds. The van der Waals surface area contributed by atoms with E-state index in [4.69, 9.17) is 14.2 Å². The summed E-state index contributed by atoms with van der Waals surface area (Å²) in [6.45, 7) is 0.609. The summed E-state index contributed by atoms with van der Waals surface area (Å²) < 4.78 is 16.0. The van der Waals surface area contributed by atoms with Crippen molar-refractivity contribution in [1.29, 1.82) is 0 Å². The summed E-state index contributed by atoms with van der Waals surface area (Å²) in [7, 11) is 4.74. The summed E-state index contributed by atoms with van der Waals surface area (Å²) in [4.78, 5) is 19.8. The fraction of sp³-hybridized carbons (Fsp3) is 0.217. The van der Waals surface area contributed by atoms with Crippen LogP contribution in [0.15, 0.2) is 52.9 Å². The van der Waals surface area contributed by atoms with Gasteiger partial charge >= 0.3 is 0 Å². The minimum atomic E-state index is -0.151. The maximum atomic E-state index is 13.4. The lowest BCUT2D eigenvalue weighted by molar-refractivity contribution is 0.0824. The Balaban J connectivity index is 1.54. The number of hydrogen-bond acceptors (Lipinski definition) is 8. The van der Waals surface area contributed by atoms with Crippen LogP contribution in [0.5, 0.6) is 17.2 Å². The van der Waals surface area contributed by atoms with Crippen molar-refractivity contribution in [2.24, 2.45) is 0 Å². The van der Waals surface area contributed by atoms with Crippen molar-refractivity contribution >= 4 is 45.9 Å². The molecular weight excluding hydrogens is 446 g/mol. The molecule has 0 bridgehead atoms. The van der Waals surface area contributed by atoms with Crippen LogP contribution in [0.1, 0.15) is 16.1 Å². The Morgan fingerprint density at radius 2 is 1.78 bits per heavy atom. The molecule has 0 atom stereocenters. The van der Waals surface area contributed by atoms with Crippen LogP contribution in [-0.4, -0.2) is 49.4 Å². The average Bonchev–Trinajstić information content (AvgIpc) is 3.48. The van der Waals surface area contributed by atoms with Crippen molar-refractivity contribution in [3.63, 3.8) is 0 Å². The molecule has 4 rings (SSSR count). The van der Waals surface area contributed by atoms with Crippen LogP contribution in [-0.2, 0) is 0 Å². The Kier molecular flexibility index (Phi) is 6.87. The van der Waals surface area contributed by atoms with Crippen molar-refractivity contribution in [1.82, 2.24) is 9.88 Å². The van der Waals surface area contributed by atoms with Gasteiger partial charge in [-0.3, -0.25) is 4.79 Å². The number of benzene rings is 2. The van der Waals surface area contributed by atoms with Gasteiger partial charge in [-0.2, -0.15) is 0 Å². The number of ether oxygens (including phenoxy) is 3. The number of thioether (sulfide) groups is 1. The molecular formula is C23H23N3O4S2. The van der Waals surface area contributed by atoms with E-state index in [0.29, 0.717) is 23.6 Å². The summed E-state index contributed by atoms with van der Waals surface area (Å²) in [5, 5.41) is 6.88. The Hall–Kier alpha value is -3.17. The van der Waals surface area contributed by atoms with Gasteiger partial charge in [-0.15, -0.1) is 23.1 Å². The van der Waals surface area contributed by atoms with Crippen LogP contribution in [0.3, 0.4) is 0 Å².